The Hall–Kier alpha value is -4.55. The monoisotopic (exact) mass is 513 g/mol. The smallest absolute Gasteiger partial charge is 0.410 e. The predicted octanol–water partition coefficient (Wildman–Crippen LogP) is 3.90. The Morgan fingerprint density at radius 2 is 1.92 bits per heavy atom. The Morgan fingerprint density at radius 1 is 1.11 bits per heavy atom. The van der Waals surface area contributed by atoms with Crippen LogP contribution in [0.2, 0.25) is 0 Å². The average molecular weight is 513 g/mol. The van der Waals surface area contributed by atoms with E-state index in [2.05, 4.69) is 26.1 Å². The Morgan fingerprint density at radius 3 is 2.65 bits per heavy atom. The van der Waals surface area contributed by atoms with Crippen LogP contribution < -0.4 is 16.0 Å². The average Bonchev–Trinajstić information content (AvgIpc) is 3.63. The van der Waals surface area contributed by atoms with Crippen molar-refractivity contribution in [2.24, 2.45) is 0 Å². The molecule has 13 heteroatoms. The van der Waals surface area contributed by atoms with Crippen LogP contribution in [0, 0.1) is 0 Å². The van der Waals surface area contributed by atoms with E-state index >= 15 is 0 Å². The molecule has 5 rings (SSSR count). The number of carbonyl (C=O) groups excluding carboxylic acids is 2. The van der Waals surface area contributed by atoms with Crippen LogP contribution in [0.4, 0.5) is 24.7 Å². The van der Waals surface area contributed by atoms with Gasteiger partial charge in [0.05, 0.1) is 36.9 Å². The van der Waals surface area contributed by atoms with E-state index in [1.807, 2.05) is 0 Å². The van der Waals surface area contributed by atoms with Gasteiger partial charge < -0.3 is 20.4 Å². The molecule has 10 nitrogen and oxygen atoms in total. The van der Waals surface area contributed by atoms with E-state index in [-0.39, 0.29) is 42.5 Å². The third-order valence-electron chi connectivity index (χ3n) is 5.92. The molecule has 0 aliphatic carbocycles. The predicted molar refractivity (Wildman–Crippen MR) is 125 cm³/mol. The Labute approximate surface area is 208 Å². The summed E-state index contributed by atoms with van der Waals surface area (Å²) in [6.45, 7) is 0.118. The number of hydrogen-bond acceptors (Lipinski definition) is 6. The normalized spacial score (nSPS) is 17.1. The second kappa shape index (κ2) is 9.84. The van der Waals surface area contributed by atoms with Crippen molar-refractivity contribution in [3.05, 3.63) is 84.2 Å². The number of amides is 2. The summed E-state index contributed by atoms with van der Waals surface area (Å²) in [5, 5.41) is 16.3. The minimum atomic E-state index is -4.55. The van der Waals surface area contributed by atoms with E-state index in [1.165, 1.54) is 23.3 Å². The summed E-state index contributed by atoms with van der Waals surface area (Å²) in [4.78, 5) is 25.1. The highest BCUT2D eigenvalue weighted by molar-refractivity contribution is 6.07. The van der Waals surface area contributed by atoms with E-state index in [1.54, 1.807) is 42.5 Å². The fourth-order valence-corrected chi connectivity index (χ4v) is 4.15. The molecule has 0 fully saturated rings. The zero-order valence-electron chi connectivity index (χ0n) is 19.3. The van der Waals surface area contributed by atoms with Crippen molar-refractivity contribution in [2.45, 2.75) is 37.8 Å². The molecule has 3 aromatic heterocycles. The van der Waals surface area contributed by atoms with Crippen molar-refractivity contribution in [3.8, 4) is 0 Å². The lowest BCUT2D eigenvalue weighted by atomic mass is 9.96. The number of aromatic nitrogens is 4. The molecule has 2 amide bonds. The molecule has 4 aromatic rings. The fourth-order valence-electron chi connectivity index (χ4n) is 4.15. The lowest BCUT2D eigenvalue weighted by Crippen LogP contribution is -2.36. The maximum absolute atomic E-state index is 13.9. The van der Waals surface area contributed by atoms with Crippen molar-refractivity contribution in [1.82, 2.24) is 24.9 Å². The second-order valence-electron chi connectivity index (χ2n) is 8.49. The third kappa shape index (κ3) is 5.34. The minimum Gasteiger partial charge on any atom is -0.467 e. The molecule has 0 unspecified atom stereocenters. The van der Waals surface area contributed by atoms with Crippen molar-refractivity contribution in [3.63, 3.8) is 0 Å². The van der Waals surface area contributed by atoms with E-state index in [4.69, 9.17) is 4.42 Å². The van der Waals surface area contributed by atoms with E-state index in [9.17, 15) is 22.8 Å². The largest absolute Gasteiger partial charge is 0.467 e. The number of nitrogens with zero attached hydrogens (tertiary/aromatic N) is 4. The zero-order valence-corrected chi connectivity index (χ0v) is 19.3. The number of benzene rings is 1. The van der Waals surface area contributed by atoms with Crippen LogP contribution in [0.15, 0.2) is 71.7 Å². The lowest BCUT2D eigenvalue weighted by Gasteiger charge is -2.34. The highest BCUT2D eigenvalue weighted by atomic mass is 19.4. The molecular weight excluding hydrogens is 491 g/mol. The molecule has 0 saturated heterocycles. The first kappa shape index (κ1) is 24.2. The lowest BCUT2D eigenvalue weighted by molar-refractivity contribution is -0.173. The van der Waals surface area contributed by atoms with Crippen molar-refractivity contribution in [2.75, 3.05) is 10.6 Å². The summed E-state index contributed by atoms with van der Waals surface area (Å²) >= 11 is 0. The van der Waals surface area contributed by atoms with Gasteiger partial charge in [0.2, 0.25) is 5.91 Å². The van der Waals surface area contributed by atoms with Gasteiger partial charge in [-0.2, -0.15) is 23.4 Å². The van der Waals surface area contributed by atoms with Crippen LogP contribution in [0.3, 0.4) is 0 Å². The van der Waals surface area contributed by atoms with Gasteiger partial charge in [0, 0.05) is 12.6 Å². The number of alkyl halides is 3. The van der Waals surface area contributed by atoms with Gasteiger partial charge in [0.25, 0.3) is 5.91 Å². The van der Waals surface area contributed by atoms with Gasteiger partial charge in [-0.1, -0.05) is 30.3 Å². The van der Waals surface area contributed by atoms with Gasteiger partial charge in [-0.25, -0.2) is 4.68 Å². The van der Waals surface area contributed by atoms with Gasteiger partial charge in [0.15, 0.2) is 6.04 Å². The number of furan rings is 1. The highest BCUT2D eigenvalue weighted by Crippen LogP contribution is 2.44. The summed E-state index contributed by atoms with van der Waals surface area (Å²) in [5.74, 6) is -0.408. The van der Waals surface area contributed by atoms with Crippen LogP contribution >= 0.6 is 0 Å². The number of rotatable bonds is 7. The third-order valence-corrected chi connectivity index (χ3v) is 5.92. The summed E-state index contributed by atoms with van der Waals surface area (Å²) in [7, 11) is 0. The van der Waals surface area contributed by atoms with Crippen molar-refractivity contribution >= 4 is 23.3 Å². The Bertz CT molecular complexity index is 1380. The Balaban J connectivity index is 1.29. The molecule has 0 bridgehead atoms. The van der Waals surface area contributed by atoms with Crippen molar-refractivity contribution in [1.29, 1.82) is 0 Å². The van der Waals surface area contributed by atoms with E-state index in [0.717, 1.165) is 10.9 Å². The molecule has 1 aromatic carbocycles. The topological polar surface area (TPSA) is 119 Å². The molecule has 0 radical (unpaired) electrons. The first-order valence-corrected chi connectivity index (χ1v) is 11.4. The van der Waals surface area contributed by atoms with Gasteiger partial charge in [-0.05, 0) is 17.7 Å². The highest BCUT2D eigenvalue weighted by Gasteiger charge is 2.47. The summed E-state index contributed by atoms with van der Waals surface area (Å²) in [6.07, 6.45) is 0.574. The minimum absolute atomic E-state index is 0.0235. The number of nitrogens with one attached hydrogen (secondary N) is 3. The summed E-state index contributed by atoms with van der Waals surface area (Å²) < 4.78 is 48.9. The molecule has 37 heavy (non-hydrogen) atoms. The van der Waals surface area contributed by atoms with Crippen LogP contribution in [0.5, 0.6) is 0 Å². The van der Waals surface area contributed by atoms with Crippen LogP contribution in [-0.4, -0.2) is 37.6 Å². The quantitative estimate of drug-likeness (QED) is 0.345. The Kier molecular flexibility index (Phi) is 6.42. The molecule has 2 atom stereocenters. The van der Waals surface area contributed by atoms with Gasteiger partial charge >= 0.3 is 6.18 Å². The van der Waals surface area contributed by atoms with Gasteiger partial charge in [-0.3, -0.25) is 14.3 Å². The molecule has 4 heterocycles. The van der Waals surface area contributed by atoms with Crippen LogP contribution in [0.1, 0.15) is 40.2 Å². The summed E-state index contributed by atoms with van der Waals surface area (Å²) in [5.41, 5.74) is 0.896. The number of carbonyl (C=O) groups is 2. The summed E-state index contributed by atoms with van der Waals surface area (Å²) in [6, 6.07) is 9.62. The molecular formula is C24H22F3N7O3. The molecule has 0 saturated carbocycles. The second-order valence-corrected chi connectivity index (χ2v) is 8.49. The number of hydrogen-bond donors (Lipinski definition) is 3. The molecule has 0 spiro atoms. The van der Waals surface area contributed by atoms with E-state index in [0.29, 0.717) is 11.3 Å². The number of fused-ring (bicyclic) bond motifs is 1. The first-order chi connectivity index (χ1) is 17.8. The van der Waals surface area contributed by atoms with E-state index < -0.39 is 24.2 Å². The molecule has 192 valence electrons. The van der Waals surface area contributed by atoms with Gasteiger partial charge in [0.1, 0.15) is 23.7 Å². The number of anilines is 2. The molecule has 3 N–H and O–H groups in total. The number of halogens is 3. The zero-order chi connectivity index (χ0) is 26.0. The van der Waals surface area contributed by atoms with Crippen LogP contribution in [-0.2, 0) is 17.9 Å². The molecule has 1 aliphatic heterocycles. The fraction of sp³-hybridized carbons (Fsp3) is 0.250. The first-order valence-electron chi connectivity index (χ1n) is 11.4. The standard InChI is InChI=1S/C24H22F3N7O3/c25-24(26,27)20-9-19(15-5-2-1-3-6-15)32-22-18(12-30-34(20)22)23(36)31-16-10-29-33(13-16)14-21(35)28-11-17-7-4-8-37-17/h1-8,10,12-13,19-20,32H,9,11,14H2,(H,28,35)(H,31,36)/t19-,20+/m0/s1. The maximum atomic E-state index is 13.9. The van der Waals surface area contributed by atoms with Crippen molar-refractivity contribution < 1.29 is 27.2 Å². The van der Waals surface area contributed by atoms with Gasteiger partial charge in [-0.15, -0.1) is 0 Å². The van der Waals surface area contributed by atoms with Crippen LogP contribution in [0.25, 0.3) is 0 Å². The maximum Gasteiger partial charge on any atom is 0.410 e. The SMILES string of the molecule is O=C(Cn1cc(NC(=O)c2cnn3c2N[C@H](c2ccccc2)C[C@@H]3C(F)(F)F)cn1)NCc1ccco1. The molecule has 1 aliphatic rings.